The van der Waals surface area contributed by atoms with Gasteiger partial charge in [-0.2, -0.15) is 0 Å². The minimum Gasteiger partial charge on any atom is -0.465 e. The molecular formula is C11H17N3O2. The second-order valence-electron chi connectivity index (χ2n) is 3.46. The summed E-state index contributed by atoms with van der Waals surface area (Å²) in [4.78, 5) is 11.5. The number of anilines is 2. The smallest absolute Gasteiger partial charge is 0.340 e. The highest BCUT2D eigenvalue weighted by Gasteiger charge is 2.13. The standard InChI is InChI=1S/C11H17N3O2/c1-7-5-8(14-4-3-12)6-9(10(7)13)11(15)16-2/h5-6,14H,3-4,12-13H2,1-2H3. The Morgan fingerprint density at radius 1 is 1.50 bits per heavy atom. The van der Waals surface area contributed by atoms with Crippen molar-refractivity contribution < 1.29 is 9.53 Å². The van der Waals surface area contributed by atoms with Gasteiger partial charge in [0.15, 0.2) is 0 Å². The van der Waals surface area contributed by atoms with Gasteiger partial charge in [-0.3, -0.25) is 0 Å². The molecule has 0 radical (unpaired) electrons. The molecule has 0 aliphatic carbocycles. The predicted molar refractivity (Wildman–Crippen MR) is 64.5 cm³/mol. The van der Waals surface area contributed by atoms with E-state index in [9.17, 15) is 4.79 Å². The Morgan fingerprint density at radius 2 is 2.19 bits per heavy atom. The molecule has 1 aromatic carbocycles. The molecule has 0 aromatic heterocycles. The summed E-state index contributed by atoms with van der Waals surface area (Å²) in [6.07, 6.45) is 0. The molecule has 1 aromatic rings. The topological polar surface area (TPSA) is 90.4 Å². The van der Waals surface area contributed by atoms with E-state index in [1.807, 2.05) is 13.0 Å². The number of hydrogen-bond donors (Lipinski definition) is 3. The number of rotatable bonds is 4. The Kier molecular flexibility index (Phi) is 4.13. The lowest BCUT2D eigenvalue weighted by atomic mass is 10.1. The molecule has 0 saturated carbocycles. The highest BCUT2D eigenvalue weighted by atomic mass is 16.5. The molecule has 5 N–H and O–H groups in total. The molecule has 0 aliphatic heterocycles. The van der Waals surface area contributed by atoms with E-state index < -0.39 is 5.97 Å². The van der Waals surface area contributed by atoms with Crippen LogP contribution in [0.15, 0.2) is 12.1 Å². The summed E-state index contributed by atoms with van der Waals surface area (Å²) >= 11 is 0. The van der Waals surface area contributed by atoms with Crippen LogP contribution < -0.4 is 16.8 Å². The third-order valence-electron chi connectivity index (χ3n) is 2.27. The number of nitrogens with one attached hydrogen (secondary N) is 1. The largest absolute Gasteiger partial charge is 0.465 e. The van der Waals surface area contributed by atoms with Crippen LogP contribution >= 0.6 is 0 Å². The molecule has 0 aliphatic rings. The zero-order valence-corrected chi connectivity index (χ0v) is 9.54. The number of carbonyl (C=O) groups is 1. The molecule has 0 bridgehead atoms. The van der Waals surface area contributed by atoms with Gasteiger partial charge in [-0.1, -0.05) is 0 Å². The van der Waals surface area contributed by atoms with Crippen LogP contribution in [0.3, 0.4) is 0 Å². The molecule has 0 spiro atoms. The number of esters is 1. The van der Waals surface area contributed by atoms with Gasteiger partial charge in [0, 0.05) is 24.5 Å². The van der Waals surface area contributed by atoms with Gasteiger partial charge in [0.2, 0.25) is 0 Å². The van der Waals surface area contributed by atoms with Crippen LogP contribution in [0.1, 0.15) is 15.9 Å². The van der Waals surface area contributed by atoms with Crippen molar-refractivity contribution >= 4 is 17.3 Å². The first-order valence-corrected chi connectivity index (χ1v) is 5.02. The van der Waals surface area contributed by atoms with E-state index in [1.165, 1.54) is 7.11 Å². The molecular weight excluding hydrogens is 206 g/mol. The Balaban J connectivity index is 3.06. The van der Waals surface area contributed by atoms with Crippen molar-refractivity contribution in [2.75, 3.05) is 31.2 Å². The quantitative estimate of drug-likeness (QED) is 0.517. The summed E-state index contributed by atoms with van der Waals surface area (Å²) in [7, 11) is 1.33. The number of carbonyl (C=O) groups excluding carboxylic acids is 1. The third-order valence-corrected chi connectivity index (χ3v) is 2.27. The van der Waals surface area contributed by atoms with Crippen molar-refractivity contribution in [3.63, 3.8) is 0 Å². The summed E-state index contributed by atoms with van der Waals surface area (Å²) in [6.45, 7) is 3.01. The number of benzene rings is 1. The average molecular weight is 223 g/mol. The van der Waals surface area contributed by atoms with E-state index >= 15 is 0 Å². The van der Waals surface area contributed by atoms with Crippen LogP contribution in [-0.4, -0.2) is 26.2 Å². The van der Waals surface area contributed by atoms with Crippen LogP contribution in [0.25, 0.3) is 0 Å². The van der Waals surface area contributed by atoms with Gasteiger partial charge in [-0.05, 0) is 24.6 Å². The van der Waals surface area contributed by atoms with E-state index in [2.05, 4.69) is 10.1 Å². The Hall–Kier alpha value is -1.75. The van der Waals surface area contributed by atoms with Crippen molar-refractivity contribution in [2.45, 2.75) is 6.92 Å². The van der Waals surface area contributed by atoms with Crippen LogP contribution in [0.2, 0.25) is 0 Å². The van der Waals surface area contributed by atoms with Gasteiger partial charge in [-0.25, -0.2) is 4.79 Å². The molecule has 0 heterocycles. The lowest BCUT2D eigenvalue weighted by Gasteiger charge is -2.11. The second kappa shape index (κ2) is 5.37. The van der Waals surface area contributed by atoms with Crippen molar-refractivity contribution in [2.24, 2.45) is 5.73 Å². The fraction of sp³-hybridized carbons (Fsp3) is 0.364. The maximum Gasteiger partial charge on any atom is 0.340 e. The monoisotopic (exact) mass is 223 g/mol. The Bertz CT molecular complexity index is 391. The minimum absolute atomic E-state index is 0.377. The summed E-state index contributed by atoms with van der Waals surface area (Å²) < 4.78 is 4.66. The first-order chi connectivity index (χ1) is 7.60. The van der Waals surface area contributed by atoms with E-state index in [4.69, 9.17) is 11.5 Å². The Labute approximate surface area is 94.8 Å². The van der Waals surface area contributed by atoms with Crippen molar-refractivity contribution in [3.8, 4) is 0 Å². The van der Waals surface area contributed by atoms with Gasteiger partial charge in [-0.15, -0.1) is 0 Å². The average Bonchev–Trinajstić information content (AvgIpc) is 2.29. The van der Waals surface area contributed by atoms with E-state index in [-0.39, 0.29) is 0 Å². The minimum atomic E-state index is -0.433. The summed E-state index contributed by atoms with van der Waals surface area (Å²) in [6, 6.07) is 3.54. The molecule has 1 rings (SSSR count). The number of nitrogens with two attached hydrogens (primary N) is 2. The number of aryl methyl sites for hydroxylation is 1. The molecule has 0 unspecified atom stereocenters. The first-order valence-electron chi connectivity index (χ1n) is 5.02. The zero-order valence-electron chi connectivity index (χ0n) is 9.54. The molecule has 88 valence electrons. The van der Waals surface area contributed by atoms with Crippen LogP contribution in [0, 0.1) is 6.92 Å². The number of ether oxygens (including phenoxy) is 1. The predicted octanol–water partition coefficient (Wildman–Crippen LogP) is 0.734. The highest BCUT2D eigenvalue weighted by molar-refractivity contribution is 5.97. The molecule has 16 heavy (non-hydrogen) atoms. The molecule has 0 atom stereocenters. The molecule has 0 saturated heterocycles. The lowest BCUT2D eigenvalue weighted by molar-refractivity contribution is 0.0602. The van der Waals surface area contributed by atoms with Gasteiger partial charge in [0.25, 0.3) is 0 Å². The maximum absolute atomic E-state index is 11.5. The van der Waals surface area contributed by atoms with Crippen molar-refractivity contribution in [1.29, 1.82) is 0 Å². The zero-order chi connectivity index (χ0) is 12.1. The van der Waals surface area contributed by atoms with Crippen molar-refractivity contribution in [3.05, 3.63) is 23.3 Å². The highest BCUT2D eigenvalue weighted by Crippen LogP contribution is 2.23. The van der Waals surface area contributed by atoms with Crippen molar-refractivity contribution in [1.82, 2.24) is 0 Å². The number of hydrogen-bond acceptors (Lipinski definition) is 5. The van der Waals surface area contributed by atoms with E-state index in [1.54, 1.807) is 6.07 Å². The first kappa shape index (κ1) is 12.3. The van der Waals surface area contributed by atoms with Crippen LogP contribution in [0.5, 0.6) is 0 Å². The van der Waals surface area contributed by atoms with Crippen LogP contribution in [-0.2, 0) is 4.74 Å². The van der Waals surface area contributed by atoms with E-state index in [0.29, 0.717) is 24.3 Å². The van der Waals surface area contributed by atoms with Gasteiger partial charge in [0.1, 0.15) is 0 Å². The number of nitrogen functional groups attached to an aromatic ring is 1. The SMILES string of the molecule is COC(=O)c1cc(NCCN)cc(C)c1N. The maximum atomic E-state index is 11.5. The third kappa shape index (κ3) is 2.64. The molecule has 0 amide bonds. The van der Waals surface area contributed by atoms with Gasteiger partial charge < -0.3 is 21.5 Å². The fourth-order valence-electron chi connectivity index (χ4n) is 1.40. The molecule has 0 fully saturated rings. The Morgan fingerprint density at radius 3 is 2.75 bits per heavy atom. The molecule has 5 nitrogen and oxygen atoms in total. The second-order valence-corrected chi connectivity index (χ2v) is 3.46. The summed E-state index contributed by atoms with van der Waals surface area (Å²) in [5, 5.41) is 3.09. The van der Waals surface area contributed by atoms with Gasteiger partial charge in [0.05, 0.1) is 12.7 Å². The number of methoxy groups -OCH3 is 1. The van der Waals surface area contributed by atoms with E-state index in [0.717, 1.165) is 11.3 Å². The van der Waals surface area contributed by atoms with Crippen LogP contribution in [0.4, 0.5) is 11.4 Å². The molecule has 5 heteroatoms. The van der Waals surface area contributed by atoms with Gasteiger partial charge >= 0.3 is 5.97 Å². The summed E-state index contributed by atoms with van der Waals surface area (Å²) in [5.74, 6) is -0.433. The lowest BCUT2D eigenvalue weighted by Crippen LogP contribution is -2.14. The normalized spacial score (nSPS) is 9.94. The summed E-state index contributed by atoms with van der Waals surface area (Å²) in [5.41, 5.74) is 13.7. The fourth-order valence-corrected chi connectivity index (χ4v) is 1.40.